The van der Waals surface area contributed by atoms with Gasteiger partial charge in [-0.15, -0.1) is 0 Å². The van der Waals surface area contributed by atoms with Gasteiger partial charge in [0.2, 0.25) is 0 Å². The van der Waals surface area contributed by atoms with Crippen LogP contribution in [-0.2, 0) is 14.3 Å². The number of carbonyl (C=O) groups is 2. The molecule has 0 saturated carbocycles. The molecule has 1 saturated heterocycles. The summed E-state index contributed by atoms with van der Waals surface area (Å²) >= 11 is 3.43. The maximum absolute atomic E-state index is 9.10. The molecule has 0 bridgehead atoms. The van der Waals surface area contributed by atoms with Crippen molar-refractivity contribution in [2.24, 2.45) is 0 Å². The van der Waals surface area contributed by atoms with Crippen molar-refractivity contribution in [1.82, 2.24) is 4.90 Å². The Balaban J connectivity index is 0.000000379. The third kappa shape index (κ3) is 9.17. The molecule has 23 heavy (non-hydrogen) atoms. The van der Waals surface area contributed by atoms with E-state index >= 15 is 0 Å². The fraction of sp³-hybridized carbons (Fsp3) is 0.467. The van der Waals surface area contributed by atoms with Crippen molar-refractivity contribution in [3.63, 3.8) is 0 Å². The molecule has 0 spiro atoms. The lowest BCUT2D eigenvalue weighted by atomic mass is 10.3. The number of aliphatic carboxylic acids is 2. The Morgan fingerprint density at radius 3 is 2.43 bits per heavy atom. The number of carboxylic acid groups (broad SMARTS) is 2. The molecule has 1 aliphatic heterocycles. The zero-order valence-corrected chi connectivity index (χ0v) is 14.2. The van der Waals surface area contributed by atoms with Crippen molar-refractivity contribution in [2.45, 2.75) is 6.42 Å². The van der Waals surface area contributed by atoms with E-state index in [1.165, 1.54) is 0 Å². The van der Waals surface area contributed by atoms with Gasteiger partial charge in [-0.3, -0.25) is 4.90 Å². The van der Waals surface area contributed by atoms with Crippen LogP contribution in [0.15, 0.2) is 28.7 Å². The lowest BCUT2D eigenvalue weighted by molar-refractivity contribution is -0.159. The molecule has 0 unspecified atom stereocenters. The quantitative estimate of drug-likeness (QED) is 0.584. The van der Waals surface area contributed by atoms with Crippen LogP contribution in [0.5, 0.6) is 5.75 Å². The Kier molecular flexibility index (Phi) is 9.27. The van der Waals surface area contributed by atoms with Gasteiger partial charge in [-0.25, -0.2) is 9.59 Å². The van der Waals surface area contributed by atoms with Crippen LogP contribution in [0.25, 0.3) is 0 Å². The van der Waals surface area contributed by atoms with Crippen molar-refractivity contribution in [3.8, 4) is 5.75 Å². The number of halogens is 1. The Morgan fingerprint density at radius 1 is 1.22 bits per heavy atom. The molecule has 0 aliphatic carbocycles. The van der Waals surface area contributed by atoms with Crippen LogP contribution in [0.1, 0.15) is 6.42 Å². The minimum absolute atomic E-state index is 0.772. The molecular formula is C15H20BrNO6. The fourth-order valence-electron chi connectivity index (χ4n) is 1.86. The van der Waals surface area contributed by atoms with Gasteiger partial charge in [-0.1, -0.05) is 22.0 Å². The number of ether oxygens (including phenoxy) is 2. The maximum Gasteiger partial charge on any atom is 0.414 e. The smallest absolute Gasteiger partial charge is 0.414 e. The number of hydrogen-bond donors (Lipinski definition) is 2. The largest absolute Gasteiger partial charge is 0.494 e. The zero-order chi connectivity index (χ0) is 17.1. The van der Waals surface area contributed by atoms with E-state index in [4.69, 9.17) is 29.3 Å². The van der Waals surface area contributed by atoms with E-state index in [9.17, 15) is 0 Å². The normalized spacial score (nSPS) is 14.5. The molecule has 2 rings (SSSR count). The van der Waals surface area contributed by atoms with E-state index in [-0.39, 0.29) is 0 Å². The summed E-state index contributed by atoms with van der Waals surface area (Å²) in [5.41, 5.74) is 0. The predicted molar refractivity (Wildman–Crippen MR) is 86.8 cm³/mol. The molecule has 1 fully saturated rings. The van der Waals surface area contributed by atoms with Crippen molar-refractivity contribution in [1.29, 1.82) is 0 Å². The molecule has 7 nitrogen and oxygen atoms in total. The SMILES string of the molecule is Brc1cccc(OCCCN2CCOCC2)c1.O=C(O)C(=O)O. The summed E-state index contributed by atoms with van der Waals surface area (Å²) in [7, 11) is 0. The lowest BCUT2D eigenvalue weighted by Crippen LogP contribution is -2.37. The molecule has 0 amide bonds. The van der Waals surface area contributed by atoms with Crippen molar-refractivity contribution >= 4 is 27.9 Å². The van der Waals surface area contributed by atoms with Gasteiger partial charge in [-0.2, -0.15) is 0 Å². The predicted octanol–water partition coefficient (Wildman–Crippen LogP) is 1.71. The Hall–Kier alpha value is -1.64. The summed E-state index contributed by atoms with van der Waals surface area (Å²) in [5.74, 6) is -2.72. The number of hydrogen-bond acceptors (Lipinski definition) is 5. The average molecular weight is 390 g/mol. The van der Waals surface area contributed by atoms with Gasteiger partial charge in [-0.05, 0) is 24.6 Å². The number of rotatable bonds is 5. The van der Waals surface area contributed by atoms with Crippen LogP contribution in [0.2, 0.25) is 0 Å². The summed E-state index contributed by atoms with van der Waals surface area (Å²) in [6.45, 7) is 5.71. The second kappa shape index (κ2) is 11.0. The first-order valence-corrected chi connectivity index (χ1v) is 7.93. The summed E-state index contributed by atoms with van der Waals surface area (Å²) in [6.07, 6.45) is 1.06. The summed E-state index contributed by atoms with van der Waals surface area (Å²) in [4.78, 5) is 20.6. The van der Waals surface area contributed by atoms with E-state index in [1.807, 2.05) is 24.3 Å². The summed E-state index contributed by atoms with van der Waals surface area (Å²) in [5, 5.41) is 14.8. The van der Waals surface area contributed by atoms with Crippen LogP contribution in [-0.4, -0.2) is 66.5 Å². The average Bonchev–Trinajstić information content (AvgIpc) is 2.53. The highest BCUT2D eigenvalue weighted by atomic mass is 79.9. The van der Waals surface area contributed by atoms with Gasteiger partial charge in [0.15, 0.2) is 0 Å². The Bertz CT molecular complexity index is 492. The lowest BCUT2D eigenvalue weighted by Gasteiger charge is -2.26. The number of benzene rings is 1. The topological polar surface area (TPSA) is 96.3 Å². The first-order chi connectivity index (χ1) is 11.0. The zero-order valence-electron chi connectivity index (χ0n) is 12.6. The van der Waals surface area contributed by atoms with Crippen molar-refractivity contribution < 1.29 is 29.3 Å². The third-order valence-corrected chi connectivity index (χ3v) is 3.46. The molecule has 2 N–H and O–H groups in total. The molecular weight excluding hydrogens is 370 g/mol. The van der Waals surface area contributed by atoms with Gasteiger partial charge in [0.1, 0.15) is 5.75 Å². The first-order valence-electron chi connectivity index (χ1n) is 7.13. The van der Waals surface area contributed by atoms with E-state index in [2.05, 4.69) is 20.8 Å². The molecule has 0 atom stereocenters. The van der Waals surface area contributed by atoms with Gasteiger partial charge in [0.05, 0.1) is 19.8 Å². The minimum Gasteiger partial charge on any atom is -0.494 e. The van der Waals surface area contributed by atoms with Gasteiger partial charge >= 0.3 is 11.9 Å². The first kappa shape index (κ1) is 19.4. The number of nitrogens with zero attached hydrogens (tertiary/aromatic N) is 1. The standard InChI is InChI=1S/C13H18BrNO2.C2H2O4/c14-12-3-1-4-13(11-12)17-8-2-5-15-6-9-16-10-7-15;3-1(4)2(5)6/h1,3-4,11H,2,5-10H2;(H,3,4)(H,5,6). The molecule has 8 heteroatoms. The number of morpholine rings is 1. The van der Waals surface area contributed by atoms with Crippen LogP contribution in [0, 0.1) is 0 Å². The molecule has 1 aromatic rings. The molecule has 1 heterocycles. The Labute approximate surface area is 142 Å². The van der Waals surface area contributed by atoms with Crippen LogP contribution < -0.4 is 4.74 Å². The van der Waals surface area contributed by atoms with Gasteiger partial charge in [0, 0.05) is 24.1 Å². The Morgan fingerprint density at radius 2 is 1.87 bits per heavy atom. The van der Waals surface area contributed by atoms with Crippen molar-refractivity contribution in [2.75, 3.05) is 39.5 Å². The van der Waals surface area contributed by atoms with Crippen molar-refractivity contribution in [3.05, 3.63) is 28.7 Å². The highest BCUT2D eigenvalue weighted by Gasteiger charge is 2.09. The van der Waals surface area contributed by atoms with E-state index in [0.29, 0.717) is 0 Å². The highest BCUT2D eigenvalue weighted by Crippen LogP contribution is 2.17. The molecule has 0 aromatic heterocycles. The second-order valence-electron chi connectivity index (χ2n) is 4.72. The third-order valence-electron chi connectivity index (χ3n) is 2.97. The molecule has 1 aromatic carbocycles. The second-order valence-corrected chi connectivity index (χ2v) is 5.64. The fourth-order valence-corrected chi connectivity index (χ4v) is 2.24. The van der Waals surface area contributed by atoms with E-state index < -0.39 is 11.9 Å². The minimum atomic E-state index is -1.82. The van der Waals surface area contributed by atoms with Crippen LogP contribution in [0.3, 0.4) is 0 Å². The van der Waals surface area contributed by atoms with Gasteiger partial charge < -0.3 is 19.7 Å². The summed E-state index contributed by atoms with van der Waals surface area (Å²) in [6, 6.07) is 7.97. The molecule has 128 valence electrons. The summed E-state index contributed by atoms with van der Waals surface area (Å²) < 4.78 is 12.1. The van der Waals surface area contributed by atoms with Crippen LogP contribution in [0.4, 0.5) is 0 Å². The number of carboxylic acids is 2. The van der Waals surface area contributed by atoms with Crippen LogP contribution >= 0.6 is 15.9 Å². The molecule has 1 aliphatic rings. The van der Waals surface area contributed by atoms with Gasteiger partial charge in [0.25, 0.3) is 0 Å². The molecule has 0 radical (unpaired) electrons. The highest BCUT2D eigenvalue weighted by molar-refractivity contribution is 9.10. The van der Waals surface area contributed by atoms with E-state index in [1.54, 1.807) is 0 Å². The maximum atomic E-state index is 9.10. The van der Waals surface area contributed by atoms with E-state index in [0.717, 1.165) is 56.1 Å². The monoisotopic (exact) mass is 389 g/mol.